The number of halogens is 2. The summed E-state index contributed by atoms with van der Waals surface area (Å²) in [6.07, 6.45) is 4.55. The van der Waals surface area contributed by atoms with E-state index in [0.717, 1.165) is 5.56 Å². The lowest BCUT2D eigenvalue weighted by Crippen LogP contribution is -2.41. The molecule has 2 N–H and O–H groups in total. The highest BCUT2D eigenvalue weighted by Crippen LogP contribution is 2.17. The van der Waals surface area contributed by atoms with Crippen LogP contribution < -0.4 is 15.4 Å². The predicted octanol–water partition coefficient (Wildman–Crippen LogP) is 3.28. The van der Waals surface area contributed by atoms with Gasteiger partial charge in [0.15, 0.2) is 17.5 Å². The second-order valence-corrected chi connectivity index (χ2v) is 6.42. The first kappa shape index (κ1) is 20.3. The Morgan fingerprint density at radius 2 is 2.00 bits per heavy atom. The predicted molar refractivity (Wildman–Crippen MR) is 108 cm³/mol. The fourth-order valence-corrected chi connectivity index (χ4v) is 2.72. The van der Waals surface area contributed by atoms with Crippen LogP contribution >= 0.6 is 0 Å². The lowest BCUT2D eigenvalue weighted by atomic mass is 10.2. The van der Waals surface area contributed by atoms with Crippen molar-refractivity contribution < 1.29 is 13.5 Å². The van der Waals surface area contributed by atoms with Crippen LogP contribution in [0.3, 0.4) is 0 Å². The summed E-state index contributed by atoms with van der Waals surface area (Å²) in [5.74, 6) is 0.00598. The van der Waals surface area contributed by atoms with Crippen LogP contribution in [-0.4, -0.2) is 35.2 Å². The molecule has 1 heterocycles. The van der Waals surface area contributed by atoms with Gasteiger partial charge in [-0.15, -0.1) is 0 Å². The molecule has 3 rings (SSSR count). The number of para-hydroxylation sites is 1. The van der Waals surface area contributed by atoms with E-state index in [1.165, 1.54) is 12.1 Å². The van der Waals surface area contributed by atoms with Gasteiger partial charge in [0.1, 0.15) is 11.9 Å². The molecule has 6 nitrogen and oxygen atoms in total. The summed E-state index contributed by atoms with van der Waals surface area (Å²) < 4.78 is 35.2. The molecule has 0 radical (unpaired) electrons. The normalized spacial score (nSPS) is 12.5. The van der Waals surface area contributed by atoms with Crippen LogP contribution in [-0.2, 0) is 6.54 Å². The minimum absolute atomic E-state index is 0.207. The summed E-state index contributed by atoms with van der Waals surface area (Å²) in [5, 5.41) is 6.23. The van der Waals surface area contributed by atoms with Gasteiger partial charge < -0.3 is 19.9 Å². The molecule has 8 heteroatoms. The Bertz CT molecular complexity index is 959. The smallest absolute Gasteiger partial charge is 0.191 e. The number of benzene rings is 2. The number of hydrogen-bond acceptors (Lipinski definition) is 3. The molecule has 0 fully saturated rings. The minimum Gasteiger partial charge on any atom is -0.486 e. The third kappa shape index (κ3) is 5.54. The van der Waals surface area contributed by atoms with Crippen molar-refractivity contribution in [3.63, 3.8) is 0 Å². The molecular formula is C21H23F2N5O. The van der Waals surface area contributed by atoms with Crippen LogP contribution in [0.25, 0.3) is 5.69 Å². The highest BCUT2D eigenvalue weighted by atomic mass is 19.1. The van der Waals surface area contributed by atoms with Crippen LogP contribution in [0.5, 0.6) is 5.75 Å². The van der Waals surface area contributed by atoms with E-state index in [9.17, 15) is 8.78 Å². The zero-order valence-corrected chi connectivity index (χ0v) is 16.3. The third-order valence-corrected chi connectivity index (χ3v) is 4.20. The second-order valence-electron chi connectivity index (χ2n) is 6.42. The van der Waals surface area contributed by atoms with Gasteiger partial charge in [-0.2, -0.15) is 0 Å². The molecule has 0 saturated heterocycles. The fraction of sp³-hybridized carbons (Fsp3) is 0.238. The molecule has 1 atom stereocenters. The molecule has 3 aromatic rings. The average molecular weight is 399 g/mol. The molecule has 152 valence electrons. The zero-order chi connectivity index (χ0) is 20.6. The SMILES string of the molecule is CN=C(NCc1ccc(-n2ccnc2)c(F)c1)NCC(C)Oc1ccccc1F. The van der Waals surface area contributed by atoms with Crippen LogP contribution in [0.2, 0.25) is 0 Å². The third-order valence-electron chi connectivity index (χ3n) is 4.20. The maximum absolute atomic E-state index is 14.3. The fourth-order valence-electron chi connectivity index (χ4n) is 2.72. The van der Waals surface area contributed by atoms with Crippen LogP contribution in [0.1, 0.15) is 12.5 Å². The average Bonchev–Trinajstić information content (AvgIpc) is 3.24. The van der Waals surface area contributed by atoms with Crippen LogP contribution in [0, 0.1) is 11.6 Å². The summed E-state index contributed by atoms with van der Waals surface area (Å²) in [7, 11) is 1.64. The molecule has 2 aromatic carbocycles. The molecule has 0 aliphatic heterocycles. The van der Waals surface area contributed by atoms with Gasteiger partial charge in [0.05, 0.1) is 18.6 Å². The number of aromatic nitrogens is 2. The number of ether oxygens (including phenoxy) is 1. The largest absolute Gasteiger partial charge is 0.486 e. The number of nitrogens with one attached hydrogen (secondary N) is 2. The van der Waals surface area contributed by atoms with E-state index in [0.29, 0.717) is 24.7 Å². The first-order valence-electron chi connectivity index (χ1n) is 9.19. The van der Waals surface area contributed by atoms with Gasteiger partial charge in [-0.1, -0.05) is 18.2 Å². The zero-order valence-electron chi connectivity index (χ0n) is 16.3. The molecule has 1 unspecified atom stereocenters. The van der Waals surface area contributed by atoms with Gasteiger partial charge >= 0.3 is 0 Å². The maximum atomic E-state index is 14.3. The van der Waals surface area contributed by atoms with E-state index in [1.807, 2.05) is 13.0 Å². The Balaban J connectivity index is 1.50. The Labute approximate surface area is 168 Å². The van der Waals surface area contributed by atoms with Gasteiger partial charge in [-0.3, -0.25) is 4.99 Å². The van der Waals surface area contributed by atoms with E-state index in [2.05, 4.69) is 20.6 Å². The van der Waals surface area contributed by atoms with E-state index in [4.69, 9.17) is 4.74 Å². The number of guanidine groups is 1. The van der Waals surface area contributed by atoms with Crippen molar-refractivity contribution in [3.8, 4) is 11.4 Å². The van der Waals surface area contributed by atoms with Crippen molar-refractivity contribution in [2.75, 3.05) is 13.6 Å². The first-order chi connectivity index (χ1) is 14.1. The highest BCUT2D eigenvalue weighted by molar-refractivity contribution is 5.79. The molecule has 0 spiro atoms. The second kappa shape index (κ2) is 9.68. The van der Waals surface area contributed by atoms with Gasteiger partial charge in [-0.05, 0) is 36.8 Å². The van der Waals surface area contributed by atoms with Gasteiger partial charge in [0, 0.05) is 26.0 Å². The maximum Gasteiger partial charge on any atom is 0.191 e. The number of nitrogens with zero attached hydrogens (tertiary/aromatic N) is 3. The Kier molecular flexibility index (Phi) is 6.78. The van der Waals surface area contributed by atoms with Crippen LogP contribution in [0.4, 0.5) is 8.78 Å². The Hall–Kier alpha value is -3.42. The molecule has 0 bridgehead atoms. The molecule has 0 saturated carbocycles. The molecule has 1 aromatic heterocycles. The molecule has 0 aliphatic rings. The summed E-state index contributed by atoms with van der Waals surface area (Å²) in [5.41, 5.74) is 1.21. The Morgan fingerprint density at radius 3 is 2.69 bits per heavy atom. The number of imidazole rings is 1. The molecule has 29 heavy (non-hydrogen) atoms. The van der Waals surface area contributed by atoms with Crippen molar-refractivity contribution in [1.29, 1.82) is 0 Å². The monoisotopic (exact) mass is 399 g/mol. The number of rotatable bonds is 7. The van der Waals surface area contributed by atoms with E-state index in [-0.39, 0.29) is 17.7 Å². The molecule has 0 amide bonds. The van der Waals surface area contributed by atoms with Crippen LogP contribution in [0.15, 0.2) is 66.2 Å². The summed E-state index contributed by atoms with van der Waals surface area (Å²) >= 11 is 0. The van der Waals surface area contributed by atoms with Crippen molar-refractivity contribution >= 4 is 5.96 Å². The summed E-state index contributed by atoms with van der Waals surface area (Å²) in [4.78, 5) is 8.07. The standard InChI is InChI=1S/C21H23F2N5O/c1-15(29-20-6-4-3-5-17(20)22)12-26-21(24-2)27-13-16-7-8-19(18(23)11-16)28-10-9-25-14-28/h3-11,14-15H,12-13H2,1-2H3,(H2,24,26,27). The molecule has 0 aliphatic carbocycles. The first-order valence-corrected chi connectivity index (χ1v) is 9.19. The quantitative estimate of drug-likeness (QED) is 0.473. The number of hydrogen-bond donors (Lipinski definition) is 2. The van der Waals surface area contributed by atoms with E-state index >= 15 is 0 Å². The highest BCUT2D eigenvalue weighted by Gasteiger charge is 2.10. The summed E-state index contributed by atoms with van der Waals surface area (Å²) in [6, 6.07) is 11.3. The van der Waals surface area contributed by atoms with Gasteiger partial charge in [0.25, 0.3) is 0 Å². The van der Waals surface area contributed by atoms with Crippen molar-refractivity contribution in [1.82, 2.24) is 20.2 Å². The minimum atomic E-state index is -0.400. The van der Waals surface area contributed by atoms with Gasteiger partial charge in [-0.25, -0.2) is 13.8 Å². The summed E-state index contributed by atoms with van der Waals surface area (Å²) in [6.45, 7) is 2.64. The van der Waals surface area contributed by atoms with E-state index in [1.54, 1.807) is 54.6 Å². The Morgan fingerprint density at radius 1 is 1.17 bits per heavy atom. The lowest BCUT2D eigenvalue weighted by molar-refractivity contribution is 0.214. The van der Waals surface area contributed by atoms with Crippen molar-refractivity contribution in [2.24, 2.45) is 4.99 Å². The van der Waals surface area contributed by atoms with E-state index < -0.39 is 5.82 Å². The van der Waals surface area contributed by atoms with Gasteiger partial charge in [0.2, 0.25) is 0 Å². The molecular weight excluding hydrogens is 376 g/mol. The topological polar surface area (TPSA) is 63.5 Å². The lowest BCUT2D eigenvalue weighted by Gasteiger charge is -2.18. The van der Waals surface area contributed by atoms with Crippen molar-refractivity contribution in [2.45, 2.75) is 19.6 Å². The van der Waals surface area contributed by atoms with Crippen molar-refractivity contribution in [3.05, 3.63) is 78.4 Å². The number of aliphatic imine (C=N–C) groups is 1.